The molecule has 0 radical (unpaired) electrons. The van der Waals surface area contributed by atoms with E-state index in [0.717, 1.165) is 4.90 Å². The van der Waals surface area contributed by atoms with E-state index < -0.39 is 30.0 Å². The lowest BCUT2D eigenvalue weighted by Crippen LogP contribution is -2.35. The van der Waals surface area contributed by atoms with Crippen LogP contribution in [-0.4, -0.2) is 40.0 Å². The Morgan fingerprint density at radius 3 is 2.58 bits per heavy atom. The van der Waals surface area contributed by atoms with Crippen LogP contribution in [-0.2, 0) is 14.4 Å². The van der Waals surface area contributed by atoms with Gasteiger partial charge in [0.15, 0.2) is 0 Å². The van der Waals surface area contributed by atoms with Gasteiger partial charge < -0.3 is 5.11 Å². The van der Waals surface area contributed by atoms with Crippen LogP contribution < -0.4 is 0 Å². The number of aliphatic carboxylic acids is 1. The van der Waals surface area contributed by atoms with E-state index in [1.165, 1.54) is 0 Å². The fourth-order valence-corrected chi connectivity index (χ4v) is 1.39. The van der Waals surface area contributed by atoms with Crippen molar-refractivity contribution < 1.29 is 19.5 Å². The van der Waals surface area contributed by atoms with E-state index in [9.17, 15) is 14.4 Å². The van der Waals surface area contributed by atoms with Crippen molar-refractivity contribution in [2.75, 3.05) is 6.54 Å². The molecule has 0 aromatic carbocycles. The van der Waals surface area contributed by atoms with Crippen molar-refractivity contribution in [1.82, 2.24) is 4.90 Å². The number of carboxylic acid groups (broad SMARTS) is 1. The molecule has 1 rings (SSSR count). The number of likely N-dealkylation sites (tertiary alicyclic amines) is 1. The second-order valence-corrected chi connectivity index (χ2v) is 3.33. The average molecular weight is 189 g/mol. The van der Waals surface area contributed by atoms with E-state index in [2.05, 4.69) is 9.24 Å². The molecule has 2 amide bonds. The summed E-state index contributed by atoms with van der Waals surface area (Å²) in [5.74, 6) is -2.01. The summed E-state index contributed by atoms with van der Waals surface area (Å²) < 4.78 is 0. The third-order valence-corrected chi connectivity index (χ3v) is 2.09. The Kier molecular flexibility index (Phi) is 2.43. The Morgan fingerprint density at radius 2 is 2.25 bits per heavy atom. The lowest BCUT2D eigenvalue weighted by Gasteiger charge is -2.09. The maximum Gasteiger partial charge on any atom is 0.323 e. The first-order valence-electron chi connectivity index (χ1n) is 3.34. The molecule has 1 fully saturated rings. The fourth-order valence-electron chi connectivity index (χ4n) is 1.01. The molecule has 0 saturated carbocycles. The number of carboxylic acids is 1. The van der Waals surface area contributed by atoms with Crippen molar-refractivity contribution in [1.29, 1.82) is 0 Å². The standard InChI is InChI=1S/C6H8NO4P/c8-4-1-3(12)6(11)7(4)2-5(9)10/h3H,1-2,12H2,(H,9,10). The van der Waals surface area contributed by atoms with Crippen molar-refractivity contribution >= 4 is 27.0 Å². The highest BCUT2D eigenvalue weighted by molar-refractivity contribution is 7.19. The van der Waals surface area contributed by atoms with Gasteiger partial charge >= 0.3 is 5.97 Å². The number of carbonyl (C=O) groups is 3. The monoisotopic (exact) mass is 189 g/mol. The largest absolute Gasteiger partial charge is 0.480 e. The Labute approximate surface area is 70.9 Å². The second kappa shape index (κ2) is 3.19. The molecular weight excluding hydrogens is 181 g/mol. The SMILES string of the molecule is O=C(O)CN1C(=O)CC(P)C1=O. The molecule has 12 heavy (non-hydrogen) atoms. The molecule has 0 aromatic heterocycles. The van der Waals surface area contributed by atoms with Gasteiger partial charge in [0.2, 0.25) is 11.8 Å². The number of hydrogen-bond donors (Lipinski definition) is 1. The van der Waals surface area contributed by atoms with Gasteiger partial charge in [-0.15, -0.1) is 9.24 Å². The molecule has 2 unspecified atom stereocenters. The number of carbonyl (C=O) groups excluding carboxylic acids is 2. The fraction of sp³-hybridized carbons (Fsp3) is 0.500. The second-order valence-electron chi connectivity index (χ2n) is 2.52. The smallest absolute Gasteiger partial charge is 0.323 e. The molecule has 5 nitrogen and oxygen atoms in total. The first-order valence-corrected chi connectivity index (χ1v) is 4.00. The highest BCUT2D eigenvalue weighted by atomic mass is 31.0. The van der Waals surface area contributed by atoms with E-state index in [-0.39, 0.29) is 6.42 Å². The molecular formula is C6H8NO4P. The van der Waals surface area contributed by atoms with Crippen LogP contribution in [0.15, 0.2) is 0 Å². The molecule has 1 aliphatic rings. The molecule has 0 bridgehead atoms. The Hall–Kier alpha value is -0.960. The molecule has 6 heteroatoms. The van der Waals surface area contributed by atoms with Gasteiger partial charge in [0.1, 0.15) is 6.54 Å². The molecule has 66 valence electrons. The third-order valence-electron chi connectivity index (χ3n) is 1.57. The van der Waals surface area contributed by atoms with E-state index >= 15 is 0 Å². The van der Waals surface area contributed by atoms with Crippen LogP contribution in [0.4, 0.5) is 0 Å². The zero-order valence-electron chi connectivity index (χ0n) is 6.19. The van der Waals surface area contributed by atoms with Gasteiger partial charge in [-0.1, -0.05) is 0 Å². The summed E-state index contributed by atoms with van der Waals surface area (Å²) in [6.45, 7) is -0.525. The quantitative estimate of drug-likeness (QED) is 0.450. The van der Waals surface area contributed by atoms with Crippen LogP contribution >= 0.6 is 9.24 Å². The minimum atomic E-state index is -1.17. The molecule has 0 spiro atoms. The first kappa shape index (κ1) is 9.13. The van der Waals surface area contributed by atoms with Crippen molar-refractivity contribution in [3.63, 3.8) is 0 Å². The van der Waals surface area contributed by atoms with Gasteiger partial charge in [0, 0.05) is 6.42 Å². The lowest BCUT2D eigenvalue weighted by molar-refractivity contribution is -0.148. The highest BCUT2D eigenvalue weighted by Crippen LogP contribution is 2.19. The van der Waals surface area contributed by atoms with E-state index in [4.69, 9.17) is 5.11 Å². The molecule has 1 heterocycles. The molecule has 1 N–H and O–H groups in total. The maximum absolute atomic E-state index is 11.1. The number of nitrogens with zero attached hydrogens (tertiary/aromatic N) is 1. The van der Waals surface area contributed by atoms with E-state index in [1.807, 2.05) is 0 Å². The zero-order valence-corrected chi connectivity index (χ0v) is 7.34. The van der Waals surface area contributed by atoms with Crippen LogP contribution in [0.5, 0.6) is 0 Å². The van der Waals surface area contributed by atoms with Gasteiger partial charge in [0.25, 0.3) is 0 Å². The van der Waals surface area contributed by atoms with E-state index in [0.29, 0.717) is 0 Å². The molecule has 0 aliphatic carbocycles. The van der Waals surface area contributed by atoms with Crippen LogP contribution in [0.25, 0.3) is 0 Å². The Morgan fingerprint density at radius 1 is 1.67 bits per heavy atom. The summed E-state index contributed by atoms with van der Waals surface area (Å²) in [5.41, 5.74) is -0.447. The van der Waals surface area contributed by atoms with Gasteiger partial charge in [-0.3, -0.25) is 19.3 Å². The summed E-state index contributed by atoms with van der Waals surface area (Å²) in [7, 11) is 2.22. The van der Waals surface area contributed by atoms with Gasteiger partial charge in [-0.25, -0.2) is 0 Å². The maximum atomic E-state index is 11.1. The predicted octanol–water partition coefficient (Wildman–Crippen LogP) is -0.926. The van der Waals surface area contributed by atoms with Crippen LogP contribution in [0.3, 0.4) is 0 Å². The summed E-state index contributed by atoms with van der Waals surface area (Å²) >= 11 is 0. The van der Waals surface area contributed by atoms with Crippen molar-refractivity contribution in [2.45, 2.75) is 12.1 Å². The third kappa shape index (κ3) is 1.61. The first-order chi connectivity index (χ1) is 5.52. The normalized spacial score (nSPS) is 23.4. The van der Waals surface area contributed by atoms with Crippen LogP contribution in [0.1, 0.15) is 6.42 Å². The van der Waals surface area contributed by atoms with Gasteiger partial charge in [0.05, 0.1) is 5.66 Å². The molecule has 0 aromatic rings. The average Bonchev–Trinajstić information content (AvgIpc) is 2.16. The number of rotatable bonds is 2. The predicted molar refractivity (Wildman–Crippen MR) is 42.5 cm³/mol. The van der Waals surface area contributed by atoms with Crippen LogP contribution in [0.2, 0.25) is 0 Å². The van der Waals surface area contributed by atoms with Crippen LogP contribution in [0, 0.1) is 0 Å². The number of hydrogen-bond acceptors (Lipinski definition) is 3. The molecule has 1 saturated heterocycles. The molecule has 1 aliphatic heterocycles. The topological polar surface area (TPSA) is 74.7 Å². The minimum Gasteiger partial charge on any atom is -0.480 e. The van der Waals surface area contributed by atoms with E-state index in [1.54, 1.807) is 0 Å². The lowest BCUT2D eigenvalue weighted by atomic mass is 10.4. The number of imide groups is 1. The Balaban J connectivity index is 2.70. The number of amides is 2. The minimum absolute atomic E-state index is 0.0940. The highest BCUT2D eigenvalue weighted by Gasteiger charge is 2.36. The van der Waals surface area contributed by atoms with Gasteiger partial charge in [-0.2, -0.15) is 0 Å². The zero-order chi connectivity index (χ0) is 9.30. The molecule has 2 atom stereocenters. The summed E-state index contributed by atoms with van der Waals surface area (Å²) in [6, 6.07) is 0. The van der Waals surface area contributed by atoms with Crippen molar-refractivity contribution in [3.8, 4) is 0 Å². The van der Waals surface area contributed by atoms with Gasteiger partial charge in [-0.05, 0) is 0 Å². The van der Waals surface area contributed by atoms with Crippen molar-refractivity contribution in [2.24, 2.45) is 0 Å². The Bertz CT molecular complexity index is 252. The summed E-state index contributed by atoms with van der Waals surface area (Å²) in [5, 5.41) is 8.34. The summed E-state index contributed by atoms with van der Waals surface area (Å²) in [6.07, 6.45) is 0.0940. The summed E-state index contributed by atoms with van der Waals surface area (Å²) in [4.78, 5) is 33.0. The van der Waals surface area contributed by atoms with Crippen molar-refractivity contribution in [3.05, 3.63) is 0 Å².